The predicted molar refractivity (Wildman–Crippen MR) is 323 cm³/mol. The molecular weight excluding hydrogens is 954 g/mol. The highest BCUT2D eigenvalue weighted by Gasteiger charge is 2.46. The van der Waals surface area contributed by atoms with E-state index in [1.54, 1.807) is 0 Å². The number of ether oxygens (including phenoxy) is 2. The molecule has 1 aliphatic carbocycles. The van der Waals surface area contributed by atoms with Crippen LogP contribution < -0.4 is 40.6 Å². The van der Waals surface area contributed by atoms with Crippen molar-refractivity contribution in [3.05, 3.63) is 241 Å². The first kappa shape index (κ1) is 46.1. The standard InChI is InChI=1S/C71H56BN3O3/c1-44-35-62-67-63(36-44)75(52-28-26-49(27-29-52)70(2,3)4)68-60(33-34-65-69(68)77-43-76-65)72(67)59-32-30-53(73(50-18-9-7-10-19-50)51-20-11-8-12-21-51)42-61(59)74(62)54-38-47(37-48(39-54)66-41-46-17-13-16-24-64(46)78-66)45-25-31-56-55-22-14-15-23-57(55)71(5,6)58(56)40-45/h7-42H,43H2,1-6H3. The lowest BCUT2D eigenvalue weighted by Gasteiger charge is -2.45. The Morgan fingerprint density at radius 3 is 1.95 bits per heavy atom. The Labute approximate surface area is 456 Å². The summed E-state index contributed by atoms with van der Waals surface area (Å²) in [5.74, 6) is 2.34. The van der Waals surface area contributed by atoms with E-state index in [0.29, 0.717) is 0 Å². The van der Waals surface area contributed by atoms with Gasteiger partial charge in [0.15, 0.2) is 11.5 Å². The number of rotatable bonds is 7. The van der Waals surface area contributed by atoms with E-state index in [-0.39, 0.29) is 24.3 Å². The molecule has 0 bridgehead atoms. The molecule has 0 atom stereocenters. The van der Waals surface area contributed by atoms with Crippen LogP contribution in [-0.4, -0.2) is 13.5 Å². The van der Waals surface area contributed by atoms with Gasteiger partial charge in [0.2, 0.25) is 6.79 Å². The summed E-state index contributed by atoms with van der Waals surface area (Å²) in [6.07, 6.45) is 0. The van der Waals surface area contributed by atoms with Crippen molar-refractivity contribution < 1.29 is 13.9 Å². The van der Waals surface area contributed by atoms with Gasteiger partial charge in [-0.3, -0.25) is 0 Å². The zero-order valence-corrected chi connectivity index (χ0v) is 44.6. The molecule has 0 saturated heterocycles. The van der Waals surface area contributed by atoms with Crippen LogP contribution in [0.4, 0.5) is 51.2 Å². The van der Waals surface area contributed by atoms with E-state index in [1.165, 1.54) is 38.7 Å². The Hall–Kier alpha value is -9.20. The first-order valence-corrected chi connectivity index (χ1v) is 27.2. The van der Waals surface area contributed by atoms with Gasteiger partial charge in [0.05, 0.1) is 5.69 Å². The van der Waals surface area contributed by atoms with Gasteiger partial charge < -0.3 is 28.6 Å². The highest BCUT2D eigenvalue weighted by molar-refractivity contribution is 7.00. The summed E-state index contributed by atoms with van der Waals surface area (Å²) < 4.78 is 19.6. The fourth-order valence-corrected chi connectivity index (χ4v) is 13.0. The van der Waals surface area contributed by atoms with Crippen molar-refractivity contribution >= 4 is 85.3 Å². The van der Waals surface area contributed by atoms with Crippen molar-refractivity contribution in [3.8, 4) is 45.1 Å². The van der Waals surface area contributed by atoms with E-state index < -0.39 is 0 Å². The normalized spacial score (nSPS) is 14.2. The minimum absolute atomic E-state index is 0.0133. The number of fused-ring (bicyclic) bond motifs is 10. The van der Waals surface area contributed by atoms with Crippen LogP contribution in [0.25, 0.3) is 44.5 Å². The molecule has 1 aromatic heterocycles. The summed E-state index contributed by atoms with van der Waals surface area (Å²) in [5, 5.41) is 1.07. The molecule has 4 heterocycles. The summed E-state index contributed by atoms with van der Waals surface area (Å²) in [6, 6.07) is 80.3. The lowest BCUT2D eigenvalue weighted by molar-refractivity contribution is 0.174. The molecule has 6 nitrogen and oxygen atoms in total. The molecule has 15 rings (SSSR count). The predicted octanol–water partition coefficient (Wildman–Crippen LogP) is 17.0. The third-order valence-electron chi connectivity index (χ3n) is 16.8. The van der Waals surface area contributed by atoms with Gasteiger partial charge in [-0.2, -0.15) is 0 Å². The SMILES string of the molecule is Cc1cc2c3c(c1)N(c1ccc(C(C)(C)C)cc1)c1c(ccc4c1OCO4)B3c1ccc(N(c3ccccc3)c3ccccc3)cc1N2c1cc(-c2ccc3c(c2)C(C)(C)c2ccccc2-3)cc(-c2cc3ccccc3o2)c1. The summed E-state index contributed by atoms with van der Waals surface area (Å²) in [7, 11) is 0. The molecule has 376 valence electrons. The third kappa shape index (κ3) is 7.10. The summed E-state index contributed by atoms with van der Waals surface area (Å²) in [5.41, 5.74) is 24.8. The summed E-state index contributed by atoms with van der Waals surface area (Å²) >= 11 is 0. The molecule has 78 heavy (non-hydrogen) atoms. The van der Waals surface area contributed by atoms with E-state index in [2.05, 4.69) is 269 Å². The second-order valence-electron chi connectivity index (χ2n) is 23.0. The number of furan rings is 1. The number of aryl methyl sites for hydroxylation is 1. The molecule has 0 amide bonds. The molecule has 3 aliphatic heterocycles. The van der Waals surface area contributed by atoms with Gasteiger partial charge in [0.25, 0.3) is 6.71 Å². The summed E-state index contributed by atoms with van der Waals surface area (Å²) in [4.78, 5) is 7.34. The number of nitrogens with zero attached hydrogens (tertiary/aromatic N) is 3. The molecule has 0 N–H and O–H groups in total. The highest BCUT2D eigenvalue weighted by Crippen LogP contribution is 2.54. The maximum atomic E-state index is 6.82. The number of benzene rings is 10. The molecule has 7 heteroatoms. The van der Waals surface area contributed by atoms with E-state index in [0.717, 1.165) is 107 Å². The lowest BCUT2D eigenvalue weighted by Crippen LogP contribution is -2.61. The molecule has 10 aromatic carbocycles. The quantitative estimate of drug-likeness (QED) is 0.148. The van der Waals surface area contributed by atoms with Crippen LogP contribution in [-0.2, 0) is 10.8 Å². The molecule has 0 fully saturated rings. The second kappa shape index (κ2) is 17.2. The van der Waals surface area contributed by atoms with Crippen molar-refractivity contribution in [2.24, 2.45) is 0 Å². The number of hydrogen-bond acceptors (Lipinski definition) is 6. The average Bonchev–Trinajstić information content (AvgIpc) is 4.31. The van der Waals surface area contributed by atoms with Crippen molar-refractivity contribution in [3.63, 3.8) is 0 Å². The van der Waals surface area contributed by atoms with Crippen molar-refractivity contribution in [2.75, 3.05) is 21.5 Å². The van der Waals surface area contributed by atoms with Crippen LogP contribution in [0, 0.1) is 6.92 Å². The molecule has 0 saturated carbocycles. The molecule has 0 unspecified atom stereocenters. The Bertz CT molecular complexity index is 4160. The van der Waals surface area contributed by atoms with Gasteiger partial charge in [0, 0.05) is 61.9 Å². The number of hydrogen-bond donors (Lipinski definition) is 0. The van der Waals surface area contributed by atoms with Gasteiger partial charge in [-0.05, 0) is 176 Å². The van der Waals surface area contributed by atoms with Crippen LogP contribution in [0.2, 0.25) is 0 Å². The maximum Gasteiger partial charge on any atom is 0.252 e. The monoisotopic (exact) mass is 1010 g/mol. The first-order valence-electron chi connectivity index (χ1n) is 27.2. The zero-order chi connectivity index (χ0) is 52.6. The summed E-state index contributed by atoms with van der Waals surface area (Å²) in [6.45, 7) is 13.8. The fraction of sp³-hybridized carbons (Fsp3) is 0.127. The van der Waals surface area contributed by atoms with E-state index in [9.17, 15) is 0 Å². The lowest BCUT2D eigenvalue weighted by atomic mass is 9.33. The van der Waals surface area contributed by atoms with E-state index in [4.69, 9.17) is 13.9 Å². The van der Waals surface area contributed by atoms with Crippen LogP contribution in [0.15, 0.2) is 223 Å². The Morgan fingerprint density at radius 1 is 0.513 bits per heavy atom. The minimum atomic E-state index is -0.172. The average molecular weight is 1010 g/mol. The fourth-order valence-electron chi connectivity index (χ4n) is 13.0. The zero-order valence-electron chi connectivity index (χ0n) is 44.6. The Kier molecular flexibility index (Phi) is 10.1. The maximum absolute atomic E-state index is 6.82. The van der Waals surface area contributed by atoms with Gasteiger partial charge in [0.1, 0.15) is 11.3 Å². The van der Waals surface area contributed by atoms with E-state index >= 15 is 0 Å². The van der Waals surface area contributed by atoms with Crippen molar-refractivity contribution in [2.45, 2.75) is 52.4 Å². The van der Waals surface area contributed by atoms with Crippen LogP contribution in [0.1, 0.15) is 56.9 Å². The Balaban J connectivity index is 1.02. The molecular formula is C71H56BN3O3. The van der Waals surface area contributed by atoms with Crippen molar-refractivity contribution in [1.82, 2.24) is 0 Å². The van der Waals surface area contributed by atoms with Gasteiger partial charge in [-0.25, -0.2) is 0 Å². The topological polar surface area (TPSA) is 41.3 Å². The van der Waals surface area contributed by atoms with Crippen LogP contribution in [0.3, 0.4) is 0 Å². The molecule has 11 aromatic rings. The molecule has 0 spiro atoms. The van der Waals surface area contributed by atoms with E-state index in [1.807, 2.05) is 6.07 Å². The smallest absolute Gasteiger partial charge is 0.252 e. The van der Waals surface area contributed by atoms with Crippen molar-refractivity contribution in [1.29, 1.82) is 0 Å². The van der Waals surface area contributed by atoms with Crippen LogP contribution in [0.5, 0.6) is 11.5 Å². The first-order chi connectivity index (χ1) is 38.0. The van der Waals surface area contributed by atoms with Crippen LogP contribution >= 0.6 is 0 Å². The van der Waals surface area contributed by atoms with Gasteiger partial charge in [-0.1, -0.05) is 150 Å². The number of anilines is 9. The largest absolute Gasteiger partial charge is 0.456 e. The molecule has 4 aliphatic rings. The van der Waals surface area contributed by atoms with Gasteiger partial charge in [-0.15, -0.1) is 0 Å². The van der Waals surface area contributed by atoms with Gasteiger partial charge >= 0.3 is 0 Å². The molecule has 0 radical (unpaired) electrons. The Morgan fingerprint density at radius 2 is 1.19 bits per heavy atom. The third-order valence-corrected chi connectivity index (χ3v) is 16.8. The highest BCUT2D eigenvalue weighted by atomic mass is 16.7. The number of para-hydroxylation sites is 3. The second-order valence-corrected chi connectivity index (χ2v) is 23.0. The minimum Gasteiger partial charge on any atom is -0.456 e.